The summed E-state index contributed by atoms with van der Waals surface area (Å²) in [4.78, 5) is 75.7. The SMILES string of the molecule is CCCCCCCCCCCCCCCC(=O)OC[C@@H](COP(=O)(OCc1ccccc1)O[C@@H]1O[C@H](COC(C)=O)[C@H](OC(C)=O)[C@H](OC(C)=O)[C@H]1OC(C)=O)OC(=O)CCCCCCCCCCCCCCC. The average Bonchev–Trinajstić information content (AvgIpc) is 3.35. The molecule has 0 bridgehead atoms. The second-order valence-electron chi connectivity index (χ2n) is 19.5. The number of carbonyl (C=O) groups is 6. The predicted octanol–water partition coefficient (Wildman–Crippen LogP) is 12.8. The predicted molar refractivity (Wildman–Crippen MR) is 279 cm³/mol. The molecule has 1 aromatic rings. The van der Waals surface area contributed by atoms with Crippen molar-refractivity contribution in [2.45, 2.75) is 265 Å². The van der Waals surface area contributed by atoms with Crippen molar-refractivity contribution in [3.05, 3.63) is 35.9 Å². The van der Waals surface area contributed by atoms with Gasteiger partial charge in [0.15, 0.2) is 24.4 Å². The molecule has 1 unspecified atom stereocenters. The Kier molecular flexibility index (Phi) is 37.0. The molecule has 7 atom stereocenters. The number of esters is 6. The second kappa shape index (κ2) is 41.3. The van der Waals surface area contributed by atoms with Crippen LogP contribution in [-0.4, -0.2) is 92.4 Å². The van der Waals surface area contributed by atoms with Crippen molar-refractivity contribution in [2.24, 2.45) is 0 Å². The fourth-order valence-corrected chi connectivity index (χ4v) is 9.87. The lowest BCUT2D eigenvalue weighted by atomic mass is 9.98. The van der Waals surface area contributed by atoms with E-state index in [-0.39, 0.29) is 19.4 Å². The molecule has 1 aliphatic rings. The van der Waals surface area contributed by atoms with Crippen molar-refractivity contribution in [1.29, 1.82) is 0 Å². The Labute approximate surface area is 442 Å². The molecule has 1 aliphatic heterocycles. The highest BCUT2D eigenvalue weighted by molar-refractivity contribution is 7.48. The summed E-state index contributed by atoms with van der Waals surface area (Å²) in [6.07, 6.45) is 20.5. The topological polar surface area (TPSA) is 212 Å². The van der Waals surface area contributed by atoms with Gasteiger partial charge in [0.2, 0.25) is 6.29 Å². The molecule has 1 saturated heterocycles. The van der Waals surface area contributed by atoms with Crippen LogP contribution in [0.2, 0.25) is 0 Å². The normalized spacial score (nSPS) is 18.6. The highest BCUT2D eigenvalue weighted by Crippen LogP contribution is 2.53. The molecule has 1 heterocycles. The third-order valence-corrected chi connectivity index (χ3v) is 13.9. The number of phosphoric ester groups is 1. The standard InChI is InChI=1S/C56H93O17P/c1-7-9-11-13-15-17-19-21-23-25-27-29-34-38-51(61)65-41-49(71-52(62)39-35-30-28-26-24-22-20-18-16-14-12-10-8-2)42-67-74(63,66-40-48-36-32-31-33-37-48)73-56-55(70-47(6)60)54(69-46(5)59)53(68-45(4)58)50(72-56)43-64-44(3)57/h31-33,36-37,49-50,53-56H,7-30,34-35,38-43H2,1-6H3/t49-,50+,53-,54-,55+,56-,74?/m0/s1. The molecule has 0 saturated carbocycles. The number of ether oxygens (including phenoxy) is 7. The number of rotatable bonds is 44. The zero-order valence-electron chi connectivity index (χ0n) is 45.9. The lowest BCUT2D eigenvalue weighted by Gasteiger charge is -2.44. The maximum absolute atomic E-state index is 14.9. The van der Waals surface area contributed by atoms with Crippen molar-refractivity contribution >= 4 is 43.6 Å². The maximum Gasteiger partial charge on any atom is 0.477 e. The molecule has 17 nitrogen and oxygen atoms in total. The fraction of sp³-hybridized carbons (Fsp3) is 0.786. The number of unbranched alkanes of at least 4 members (excludes halogenated alkanes) is 24. The van der Waals surface area contributed by atoms with Crippen LogP contribution in [0.3, 0.4) is 0 Å². The van der Waals surface area contributed by atoms with E-state index in [2.05, 4.69) is 13.8 Å². The first-order valence-electron chi connectivity index (χ1n) is 27.9. The van der Waals surface area contributed by atoms with Crippen LogP contribution in [0.15, 0.2) is 30.3 Å². The smallest absolute Gasteiger partial charge is 0.463 e. The minimum Gasteiger partial charge on any atom is -0.463 e. The van der Waals surface area contributed by atoms with Gasteiger partial charge in [-0.1, -0.05) is 198 Å². The second-order valence-corrected chi connectivity index (χ2v) is 21.1. The number of hydrogen-bond acceptors (Lipinski definition) is 17. The summed E-state index contributed by atoms with van der Waals surface area (Å²) in [5.74, 6) is -4.45. The van der Waals surface area contributed by atoms with Gasteiger partial charge in [0.1, 0.15) is 19.3 Å². The molecule has 0 aromatic heterocycles. The molecule has 1 aromatic carbocycles. The van der Waals surface area contributed by atoms with Gasteiger partial charge < -0.3 is 33.2 Å². The van der Waals surface area contributed by atoms with Gasteiger partial charge >= 0.3 is 43.6 Å². The van der Waals surface area contributed by atoms with Gasteiger partial charge in [-0.05, 0) is 18.4 Å². The minimum absolute atomic E-state index is 0.0879. The lowest BCUT2D eigenvalue weighted by Crippen LogP contribution is -2.62. The molecule has 424 valence electrons. The molecule has 2 rings (SSSR count). The lowest BCUT2D eigenvalue weighted by molar-refractivity contribution is -0.292. The number of carbonyl (C=O) groups excluding carboxylic acids is 6. The van der Waals surface area contributed by atoms with Crippen LogP contribution in [0, 0.1) is 0 Å². The zero-order valence-corrected chi connectivity index (χ0v) is 46.8. The summed E-state index contributed by atoms with van der Waals surface area (Å²) >= 11 is 0. The Balaban J connectivity index is 2.23. The monoisotopic (exact) mass is 1070 g/mol. The molecule has 0 N–H and O–H groups in total. The van der Waals surface area contributed by atoms with Gasteiger partial charge in [0.25, 0.3) is 0 Å². The molecule has 74 heavy (non-hydrogen) atoms. The number of phosphoric acid groups is 1. The zero-order chi connectivity index (χ0) is 54.2. The van der Waals surface area contributed by atoms with Gasteiger partial charge in [-0.15, -0.1) is 0 Å². The molecule has 0 amide bonds. The van der Waals surface area contributed by atoms with E-state index in [0.29, 0.717) is 18.4 Å². The first-order valence-corrected chi connectivity index (χ1v) is 29.4. The maximum atomic E-state index is 14.9. The van der Waals surface area contributed by atoms with E-state index in [1.165, 1.54) is 109 Å². The summed E-state index contributed by atoms with van der Waals surface area (Å²) in [6, 6.07) is 8.60. The van der Waals surface area contributed by atoms with Crippen LogP contribution in [0.25, 0.3) is 0 Å². The molecule has 0 aliphatic carbocycles. The number of hydrogen-bond donors (Lipinski definition) is 0. The van der Waals surface area contributed by atoms with E-state index in [9.17, 15) is 33.3 Å². The van der Waals surface area contributed by atoms with Crippen LogP contribution in [0.1, 0.15) is 227 Å². The van der Waals surface area contributed by atoms with Crippen molar-refractivity contribution in [3.8, 4) is 0 Å². The van der Waals surface area contributed by atoms with Crippen molar-refractivity contribution in [2.75, 3.05) is 19.8 Å². The Morgan fingerprint density at radius 1 is 0.500 bits per heavy atom. The Morgan fingerprint density at radius 3 is 1.39 bits per heavy atom. The van der Waals surface area contributed by atoms with E-state index in [0.717, 1.165) is 72.6 Å². The Bertz CT molecular complexity index is 1740. The quantitative estimate of drug-likeness (QED) is 0.0257. The first kappa shape index (κ1) is 66.2. The van der Waals surface area contributed by atoms with Crippen LogP contribution < -0.4 is 0 Å². The Hall–Kier alpha value is -3.89. The largest absolute Gasteiger partial charge is 0.477 e. The summed E-state index contributed by atoms with van der Waals surface area (Å²) in [6.45, 7) is 6.76. The van der Waals surface area contributed by atoms with Gasteiger partial charge in [0.05, 0.1) is 13.2 Å². The van der Waals surface area contributed by atoms with Crippen molar-refractivity contribution < 1.29 is 80.1 Å². The first-order chi connectivity index (χ1) is 35.7. The molecule has 0 radical (unpaired) electrons. The summed E-state index contributed by atoms with van der Waals surface area (Å²) in [5.41, 5.74) is 0.546. The van der Waals surface area contributed by atoms with E-state index in [1.54, 1.807) is 30.3 Å². The minimum atomic E-state index is -4.95. The Morgan fingerprint density at radius 2 is 0.932 bits per heavy atom. The summed E-state index contributed by atoms with van der Waals surface area (Å²) in [7, 11) is -4.95. The highest BCUT2D eigenvalue weighted by atomic mass is 31.2. The van der Waals surface area contributed by atoms with Gasteiger partial charge in [-0.25, -0.2) is 4.57 Å². The molecular formula is C56H93O17P. The third kappa shape index (κ3) is 32.5. The average molecular weight is 1070 g/mol. The molecule has 18 heteroatoms. The van der Waals surface area contributed by atoms with E-state index in [1.807, 2.05) is 0 Å². The molecule has 0 spiro atoms. The fourth-order valence-electron chi connectivity index (χ4n) is 8.59. The van der Waals surface area contributed by atoms with Gasteiger partial charge in [0, 0.05) is 40.5 Å². The van der Waals surface area contributed by atoms with Crippen LogP contribution in [-0.2, 0) is 86.7 Å². The van der Waals surface area contributed by atoms with E-state index < -0.39 is 100 Å². The van der Waals surface area contributed by atoms with Crippen LogP contribution in [0.4, 0.5) is 0 Å². The number of benzene rings is 1. The highest BCUT2D eigenvalue weighted by Gasteiger charge is 2.55. The van der Waals surface area contributed by atoms with Crippen LogP contribution in [0.5, 0.6) is 0 Å². The van der Waals surface area contributed by atoms with E-state index >= 15 is 0 Å². The summed E-state index contributed by atoms with van der Waals surface area (Å²) in [5, 5.41) is 0. The van der Waals surface area contributed by atoms with Crippen LogP contribution >= 0.6 is 7.82 Å². The molecular weight excluding hydrogens is 976 g/mol. The van der Waals surface area contributed by atoms with Gasteiger partial charge in [-0.2, -0.15) is 0 Å². The van der Waals surface area contributed by atoms with Crippen molar-refractivity contribution in [3.63, 3.8) is 0 Å². The third-order valence-electron chi connectivity index (χ3n) is 12.5. The molecule has 1 fully saturated rings. The van der Waals surface area contributed by atoms with E-state index in [4.69, 9.17) is 46.7 Å². The van der Waals surface area contributed by atoms with Crippen molar-refractivity contribution in [1.82, 2.24) is 0 Å². The van der Waals surface area contributed by atoms with Gasteiger partial charge in [-0.3, -0.25) is 42.3 Å². The summed E-state index contributed by atoms with van der Waals surface area (Å²) < 4.78 is 71.8.